The summed E-state index contributed by atoms with van der Waals surface area (Å²) in [5.41, 5.74) is 3.77. The molecule has 0 atom stereocenters. The number of halogens is 1. The lowest BCUT2D eigenvalue weighted by molar-refractivity contribution is 0.0689. The van der Waals surface area contributed by atoms with Crippen molar-refractivity contribution >= 4 is 40.2 Å². The van der Waals surface area contributed by atoms with Crippen LogP contribution in [0.2, 0.25) is 5.02 Å². The van der Waals surface area contributed by atoms with Gasteiger partial charge in [-0.2, -0.15) is 0 Å². The van der Waals surface area contributed by atoms with Crippen LogP contribution in [0.5, 0.6) is 11.6 Å². The molecule has 0 aliphatic rings. The molecule has 0 saturated carbocycles. The van der Waals surface area contributed by atoms with Crippen molar-refractivity contribution in [3.05, 3.63) is 107 Å². The second kappa shape index (κ2) is 9.25. The normalized spacial score (nSPS) is 10.9. The highest BCUT2D eigenvalue weighted by Crippen LogP contribution is 2.27. The second-order valence-corrected chi connectivity index (χ2v) is 7.99. The number of imidazole rings is 1. The number of aromatic nitrogens is 3. The fraction of sp³-hybridized carbons (Fsp3) is 0.0385. The molecule has 8 heteroatoms. The van der Waals surface area contributed by atoms with Gasteiger partial charge in [0, 0.05) is 16.8 Å². The third-order valence-electron chi connectivity index (χ3n) is 5.18. The van der Waals surface area contributed by atoms with Gasteiger partial charge in [-0.15, -0.1) is 0 Å². The molecule has 0 radical (unpaired) electrons. The lowest BCUT2D eigenvalue weighted by Crippen LogP contribution is -2.05. The van der Waals surface area contributed by atoms with Crippen molar-refractivity contribution in [3.8, 4) is 11.6 Å². The maximum Gasteiger partial charge on any atom is 0.354 e. The van der Waals surface area contributed by atoms with Crippen LogP contribution >= 0.6 is 11.6 Å². The Morgan fingerprint density at radius 2 is 1.68 bits per heavy atom. The minimum absolute atomic E-state index is 0.0737. The largest absolute Gasteiger partial charge is 0.477 e. The number of hydrogen-bond acceptors (Lipinski definition) is 5. The average molecular weight is 471 g/mol. The van der Waals surface area contributed by atoms with Gasteiger partial charge < -0.3 is 19.7 Å². The van der Waals surface area contributed by atoms with E-state index < -0.39 is 5.97 Å². The standard InChI is InChI=1S/C26H19ClN4O3/c27-18-10-8-17(9-11-18)16-31-23-6-2-1-4-21(23)30-26(31)28-19-12-14-20(15-13-19)34-24-7-3-5-22(29-24)25(32)33/h1-15H,16H2,(H,28,30)(H,32,33). The first-order chi connectivity index (χ1) is 16.5. The van der Waals surface area contributed by atoms with Crippen molar-refractivity contribution in [2.75, 3.05) is 5.32 Å². The smallest absolute Gasteiger partial charge is 0.354 e. The van der Waals surface area contributed by atoms with E-state index in [1.54, 1.807) is 24.3 Å². The number of para-hydroxylation sites is 2. The number of anilines is 2. The summed E-state index contributed by atoms with van der Waals surface area (Å²) in [6.07, 6.45) is 0. The number of benzene rings is 3. The fourth-order valence-corrected chi connectivity index (χ4v) is 3.68. The maximum absolute atomic E-state index is 11.1. The fourth-order valence-electron chi connectivity index (χ4n) is 3.55. The third kappa shape index (κ3) is 4.69. The zero-order valence-electron chi connectivity index (χ0n) is 17.9. The van der Waals surface area contributed by atoms with Crippen LogP contribution in [-0.4, -0.2) is 25.6 Å². The molecule has 5 aromatic rings. The Morgan fingerprint density at radius 1 is 0.912 bits per heavy atom. The molecule has 2 N–H and O–H groups in total. The number of ether oxygens (including phenoxy) is 1. The third-order valence-corrected chi connectivity index (χ3v) is 5.44. The number of rotatable bonds is 7. The number of carboxylic acid groups (broad SMARTS) is 1. The van der Waals surface area contributed by atoms with Gasteiger partial charge in [-0.05, 0) is 60.2 Å². The van der Waals surface area contributed by atoms with Gasteiger partial charge in [0.2, 0.25) is 11.8 Å². The van der Waals surface area contributed by atoms with Crippen molar-refractivity contribution in [1.82, 2.24) is 14.5 Å². The molecule has 7 nitrogen and oxygen atoms in total. The molecule has 34 heavy (non-hydrogen) atoms. The Kier molecular flexibility index (Phi) is 5.84. The van der Waals surface area contributed by atoms with Crippen LogP contribution < -0.4 is 10.1 Å². The summed E-state index contributed by atoms with van der Waals surface area (Å²) in [5, 5.41) is 13.2. The number of hydrogen-bond donors (Lipinski definition) is 2. The highest BCUT2D eigenvalue weighted by Gasteiger charge is 2.12. The topological polar surface area (TPSA) is 89.3 Å². The molecule has 0 aliphatic heterocycles. The summed E-state index contributed by atoms with van der Waals surface area (Å²) < 4.78 is 7.82. The minimum Gasteiger partial charge on any atom is -0.477 e. The number of aromatic carboxylic acids is 1. The molecule has 2 heterocycles. The highest BCUT2D eigenvalue weighted by molar-refractivity contribution is 6.30. The van der Waals surface area contributed by atoms with Crippen LogP contribution in [0.25, 0.3) is 11.0 Å². The van der Waals surface area contributed by atoms with Gasteiger partial charge in [-0.1, -0.05) is 41.9 Å². The first-order valence-corrected chi connectivity index (χ1v) is 10.9. The molecule has 0 bridgehead atoms. The lowest BCUT2D eigenvalue weighted by Gasteiger charge is -2.12. The molecule has 5 rings (SSSR count). The molecule has 0 amide bonds. The summed E-state index contributed by atoms with van der Waals surface area (Å²) in [4.78, 5) is 19.9. The Balaban J connectivity index is 1.38. The predicted octanol–water partition coefficient (Wildman–Crippen LogP) is 6.37. The summed E-state index contributed by atoms with van der Waals surface area (Å²) >= 11 is 6.04. The minimum atomic E-state index is -1.11. The highest BCUT2D eigenvalue weighted by atomic mass is 35.5. The maximum atomic E-state index is 11.1. The quantitative estimate of drug-likeness (QED) is 0.287. The van der Waals surface area contributed by atoms with Crippen molar-refractivity contribution < 1.29 is 14.6 Å². The van der Waals surface area contributed by atoms with Gasteiger partial charge in [-0.25, -0.2) is 14.8 Å². The molecule has 168 valence electrons. The predicted molar refractivity (Wildman–Crippen MR) is 131 cm³/mol. The molecule has 0 aliphatic carbocycles. The van der Waals surface area contributed by atoms with Crippen LogP contribution in [0.15, 0.2) is 91.0 Å². The molecule has 3 aromatic carbocycles. The van der Waals surface area contributed by atoms with E-state index in [9.17, 15) is 4.79 Å². The van der Waals surface area contributed by atoms with E-state index in [0.717, 1.165) is 22.3 Å². The van der Waals surface area contributed by atoms with Crippen molar-refractivity contribution in [3.63, 3.8) is 0 Å². The Hall–Kier alpha value is -4.36. The molecule has 2 aromatic heterocycles. The zero-order chi connectivity index (χ0) is 23.5. The van der Waals surface area contributed by atoms with E-state index in [2.05, 4.69) is 14.9 Å². The molecular weight excluding hydrogens is 452 g/mol. The van der Waals surface area contributed by atoms with E-state index in [1.807, 2.05) is 60.7 Å². The first-order valence-electron chi connectivity index (χ1n) is 10.5. The lowest BCUT2D eigenvalue weighted by atomic mass is 10.2. The van der Waals surface area contributed by atoms with Crippen LogP contribution in [0.3, 0.4) is 0 Å². The Bertz CT molecular complexity index is 1460. The molecular formula is C26H19ClN4O3. The Morgan fingerprint density at radius 3 is 2.44 bits per heavy atom. The average Bonchev–Trinajstić information content (AvgIpc) is 3.18. The van der Waals surface area contributed by atoms with Crippen molar-refractivity contribution in [2.45, 2.75) is 6.54 Å². The molecule has 0 spiro atoms. The number of carbonyl (C=O) groups is 1. The summed E-state index contributed by atoms with van der Waals surface area (Å²) in [6, 6.07) is 27.6. The number of carboxylic acids is 1. The van der Waals surface area contributed by atoms with Gasteiger partial charge in [0.25, 0.3) is 0 Å². The van der Waals surface area contributed by atoms with Crippen LogP contribution in [0.4, 0.5) is 11.6 Å². The van der Waals surface area contributed by atoms with E-state index in [1.165, 1.54) is 6.07 Å². The van der Waals surface area contributed by atoms with Crippen LogP contribution in [0.1, 0.15) is 16.1 Å². The summed E-state index contributed by atoms with van der Waals surface area (Å²) in [7, 11) is 0. The number of pyridine rings is 1. The molecule has 0 fully saturated rings. The monoisotopic (exact) mass is 470 g/mol. The number of fused-ring (bicyclic) bond motifs is 1. The SMILES string of the molecule is O=C(O)c1cccc(Oc2ccc(Nc3nc4ccccc4n3Cc3ccc(Cl)cc3)cc2)n1. The molecule has 0 unspecified atom stereocenters. The summed E-state index contributed by atoms with van der Waals surface area (Å²) in [6.45, 7) is 0.632. The van der Waals surface area contributed by atoms with Gasteiger partial charge in [0.15, 0.2) is 5.69 Å². The second-order valence-electron chi connectivity index (χ2n) is 7.55. The molecule has 0 saturated heterocycles. The summed E-state index contributed by atoms with van der Waals surface area (Å²) in [5.74, 6) is 0.354. The number of nitrogens with zero attached hydrogens (tertiary/aromatic N) is 3. The zero-order valence-corrected chi connectivity index (χ0v) is 18.6. The number of nitrogens with one attached hydrogen (secondary N) is 1. The van der Waals surface area contributed by atoms with E-state index in [0.29, 0.717) is 23.3 Å². The van der Waals surface area contributed by atoms with E-state index >= 15 is 0 Å². The van der Waals surface area contributed by atoms with E-state index in [-0.39, 0.29) is 11.6 Å². The van der Waals surface area contributed by atoms with Crippen molar-refractivity contribution in [1.29, 1.82) is 0 Å². The van der Waals surface area contributed by atoms with Gasteiger partial charge in [-0.3, -0.25) is 0 Å². The van der Waals surface area contributed by atoms with Crippen LogP contribution in [-0.2, 0) is 6.54 Å². The van der Waals surface area contributed by atoms with Crippen molar-refractivity contribution in [2.24, 2.45) is 0 Å². The van der Waals surface area contributed by atoms with E-state index in [4.69, 9.17) is 26.4 Å². The van der Waals surface area contributed by atoms with Crippen LogP contribution in [0, 0.1) is 0 Å². The van der Waals surface area contributed by atoms with Gasteiger partial charge in [0.1, 0.15) is 5.75 Å². The van der Waals surface area contributed by atoms with Gasteiger partial charge in [0.05, 0.1) is 17.6 Å². The van der Waals surface area contributed by atoms with Gasteiger partial charge >= 0.3 is 5.97 Å². The Labute approximate surface area is 200 Å². The first kappa shape index (κ1) is 21.5.